The largest absolute Gasteiger partial charge is 0.379 e. The van der Waals surface area contributed by atoms with Gasteiger partial charge < -0.3 is 19.9 Å². The summed E-state index contributed by atoms with van der Waals surface area (Å²) in [4.78, 5) is 9.61. The first-order chi connectivity index (χ1) is 13.7. The van der Waals surface area contributed by atoms with E-state index in [0.29, 0.717) is 6.04 Å². The van der Waals surface area contributed by atoms with E-state index in [1.807, 2.05) is 18.4 Å². The Labute approximate surface area is 171 Å². The van der Waals surface area contributed by atoms with Gasteiger partial charge in [-0.3, -0.25) is 9.89 Å². The van der Waals surface area contributed by atoms with Crippen LogP contribution in [0.2, 0.25) is 0 Å². The van der Waals surface area contributed by atoms with Gasteiger partial charge in [0.2, 0.25) is 0 Å². The number of aliphatic imine (C=N–C) groups is 1. The summed E-state index contributed by atoms with van der Waals surface area (Å²) in [7, 11) is 1.81. The highest BCUT2D eigenvalue weighted by molar-refractivity contribution is 7.12. The maximum Gasteiger partial charge on any atom is 0.191 e. The fourth-order valence-corrected chi connectivity index (χ4v) is 4.39. The second kappa shape index (κ2) is 10.5. The van der Waals surface area contributed by atoms with E-state index < -0.39 is 0 Å². The zero-order valence-corrected chi connectivity index (χ0v) is 17.8. The molecule has 2 N–H and O–H groups in total. The van der Waals surface area contributed by atoms with Crippen molar-refractivity contribution < 1.29 is 4.74 Å². The fraction of sp³-hybridized carbons (Fsp3) is 0.632. The zero-order valence-electron chi connectivity index (χ0n) is 17.0. The van der Waals surface area contributed by atoms with E-state index in [1.54, 1.807) is 6.33 Å². The first kappa shape index (κ1) is 20.8. The highest BCUT2D eigenvalue weighted by Gasteiger charge is 2.24. The molecule has 0 saturated carbocycles. The number of ether oxygens (including phenoxy) is 1. The van der Waals surface area contributed by atoms with E-state index in [9.17, 15) is 0 Å². The smallest absolute Gasteiger partial charge is 0.191 e. The molecule has 3 rings (SSSR count). The third kappa shape index (κ3) is 5.52. The van der Waals surface area contributed by atoms with Crippen molar-refractivity contribution in [3.8, 4) is 0 Å². The summed E-state index contributed by atoms with van der Waals surface area (Å²) >= 11 is 1.87. The molecule has 1 unspecified atom stereocenters. The molecule has 0 amide bonds. The van der Waals surface area contributed by atoms with Crippen LogP contribution in [0.25, 0.3) is 0 Å². The molecule has 1 atom stereocenters. The number of thiophene rings is 1. The standard InChI is InChI=1S/C19H31N7OS/c1-4-18-24-23-14-26(18)8-7-21-19(20-3)22-13-16(17-6-5-15(2)28-17)25-9-11-27-12-10-25/h5-6,14,16H,4,7-13H2,1-3H3,(H2,20,21,22). The summed E-state index contributed by atoms with van der Waals surface area (Å²) in [5.41, 5.74) is 0. The van der Waals surface area contributed by atoms with E-state index in [4.69, 9.17) is 4.74 Å². The number of aryl methyl sites for hydroxylation is 2. The second-order valence-corrected chi connectivity index (χ2v) is 8.11. The molecule has 1 aliphatic heterocycles. The van der Waals surface area contributed by atoms with E-state index in [2.05, 4.69) is 61.3 Å². The molecule has 0 aliphatic carbocycles. The van der Waals surface area contributed by atoms with Crippen LogP contribution >= 0.6 is 11.3 Å². The predicted octanol–water partition coefficient (Wildman–Crippen LogP) is 1.45. The number of hydrogen-bond acceptors (Lipinski definition) is 6. The molecule has 1 fully saturated rings. The molecule has 28 heavy (non-hydrogen) atoms. The van der Waals surface area contributed by atoms with Gasteiger partial charge in [-0.1, -0.05) is 6.92 Å². The Morgan fingerprint density at radius 3 is 2.82 bits per heavy atom. The first-order valence-corrected chi connectivity index (χ1v) is 10.7. The highest BCUT2D eigenvalue weighted by Crippen LogP contribution is 2.27. The first-order valence-electron chi connectivity index (χ1n) is 9.90. The number of rotatable bonds is 8. The Morgan fingerprint density at radius 1 is 1.32 bits per heavy atom. The maximum absolute atomic E-state index is 5.54. The molecule has 3 heterocycles. The van der Waals surface area contributed by atoms with Gasteiger partial charge in [-0.25, -0.2) is 0 Å². The van der Waals surface area contributed by atoms with E-state index in [0.717, 1.165) is 64.1 Å². The number of nitrogens with one attached hydrogen (secondary N) is 2. The minimum Gasteiger partial charge on any atom is -0.379 e. The lowest BCUT2D eigenvalue weighted by molar-refractivity contribution is 0.0177. The molecule has 0 bridgehead atoms. The van der Waals surface area contributed by atoms with Crippen LogP contribution < -0.4 is 10.6 Å². The van der Waals surface area contributed by atoms with E-state index >= 15 is 0 Å². The molecule has 9 heteroatoms. The molecule has 154 valence electrons. The highest BCUT2D eigenvalue weighted by atomic mass is 32.1. The van der Waals surface area contributed by atoms with Crippen LogP contribution in [0.15, 0.2) is 23.5 Å². The number of morpholine rings is 1. The van der Waals surface area contributed by atoms with E-state index in [1.165, 1.54) is 9.75 Å². The lowest BCUT2D eigenvalue weighted by Gasteiger charge is -2.34. The molecule has 1 aliphatic rings. The van der Waals surface area contributed by atoms with E-state index in [-0.39, 0.29) is 0 Å². The van der Waals surface area contributed by atoms with Gasteiger partial charge in [0, 0.05) is 55.9 Å². The van der Waals surface area contributed by atoms with Crippen molar-refractivity contribution in [3.63, 3.8) is 0 Å². The van der Waals surface area contributed by atoms with Gasteiger partial charge in [0.15, 0.2) is 5.96 Å². The SMILES string of the molecule is CCc1nncn1CCNC(=NC)NCC(c1ccc(C)s1)N1CCOCC1. The quantitative estimate of drug-likeness (QED) is 0.511. The average molecular weight is 406 g/mol. The van der Waals surface area contributed by atoms with Gasteiger partial charge >= 0.3 is 0 Å². The summed E-state index contributed by atoms with van der Waals surface area (Å²) in [5.74, 6) is 1.82. The summed E-state index contributed by atoms with van der Waals surface area (Å²) in [6, 6.07) is 4.77. The third-order valence-corrected chi connectivity index (χ3v) is 6.02. The minimum absolute atomic E-state index is 0.325. The average Bonchev–Trinajstić information content (AvgIpc) is 3.36. The minimum atomic E-state index is 0.325. The van der Waals surface area contributed by atoms with Gasteiger partial charge in [0.05, 0.1) is 19.3 Å². The van der Waals surface area contributed by atoms with Crippen molar-refractivity contribution in [2.75, 3.05) is 46.4 Å². The summed E-state index contributed by atoms with van der Waals surface area (Å²) in [6.45, 7) is 10.2. The van der Waals surface area contributed by atoms with Crippen LogP contribution in [0.1, 0.15) is 28.5 Å². The molecule has 8 nitrogen and oxygen atoms in total. The van der Waals surface area contributed by atoms with Crippen molar-refractivity contribution in [2.45, 2.75) is 32.9 Å². The van der Waals surface area contributed by atoms with Crippen LogP contribution in [-0.4, -0.2) is 72.1 Å². The normalized spacial score (nSPS) is 16.9. The molecule has 2 aromatic rings. The van der Waals surface area contributed by atoms with Crippen molar-refractivity contribution >= 4 is 17.3 Å². The fourth-order valence-electron chi connectivity index (χ4n) is 3.38. The molecule has 0 radical (unpaired) electrons. The van der Waals surface area contributed by atoms with Crippen molar-refractivity contribution in [1.29, 1.82) is 0 Å². The number of aromatic nitrogens is 3. The van der Waals surface area contributed by atoms with Crippen LogP contribution in [0, 0.1) is 6.92 Å². The second-order valence-electron chi connectivity index (χ2n) is 6.79. The Kier molecular flexibility index (Phi) is 7.81. The Morgan fingerprint density at radius 2 is 2.14 bits per heavy atom. The number of nitrogens with zero attached hydrogens (tertiary/aromatic N) is 5. The van der Waals surface area contributed by atoms with Gasteiger partial charge in [-0.05, 0) is 19.1 Å². The summed E-state index contributed by atoms with van der Waals surface area (Å²) in [6.07, 6.45) is 2.67. The Balaban J connectivity index is 1.54. The number of hydrogen-bond donors (Lipinski definition) is 2. The summed E-state index contributed by atoms with van der Waals surface area (Å²) in [5, 5.41) is 15.0. The monoisotopic (exact) mass is 405 g/mol. The van der Waals surface area contributed by atoms with Crippen molar-refractivity contribution in [2.24, 2.45) is 4.99 Å². The van der Waals surface area contributed by atoms with Crippen LogP contribution in [-0.2, 0) is 17.7 Å². The zero-order chi connectivity index (χ0) is 19.8. The number of guanidine groups is 1. The molecule has 0 aromatic carbocycles. The Bertz CT molecular complexity index is 751. The third-order valence-electron chi connectivity index (χ3n) is 4.92. The molecular formula is C19H31N7OS. The molecule has 2 aromatic heterocycles. The van der Waals surface area contributed by atoms with Crippen LogP contribution in [0.3, 0.4) is 0 Å². The Hall–Kier alpha value is -1.97. The molecule has 0 spiro atoms. The summed E-state index contributed by atoms with van der Waals surface area (Å²) < 4.78 is 7.61. The predicted molar refractivity (Wildman–Crippen MR) is 113 cm³/mol. The lowest BCUT2D eigenvalue weighted by atomic mass is 10.2. The van der Waals surface area contributed by atoms with Gasteiger partial charge in [0.1, 0.15) is 12.2 Å². The molecular weight excluding hydrogens is 374 g/mol. The van der Waals surface area contributed by atoms with Crippen LogP contribution in [0.4, 0.5) is 0 Å². The lowest BCUT2D eigenvalue weighted by Crippen LogP contribution is -2.46. The van der Waals surface area contributed by atoms with Gasteiger partial charge in [-0.15, -0.1) is 21.5 Å². The molecule has 1 saturated heterocycles. The van der Waals surface area contributed by atoms with Crippen molar-refractivity contribution in [3.05, 3.63) is 34.0 Å². The van der Waals surface area contributed by atoms with Crippen LogP contribution in [0.5, 0.6) is 0 Å². The topological polar surface area (TPSA) is 79.6 Å². The van der Waals surface area contributed by atoms with Gasteiger partial charge in [-0.2, -0.15) is 0 Å². The maximum atomic E-state index is 5.54. The van der Waals surface area contributed by atoms with Crippen molar-refractivity contribution in [1.82, 2.24) is 30.3 Å². The van der Waals surface area contributed by atoms with Gasteiger partial charge in [0.25, 0.3) is 0 Å².